The summed E-state index contributed by atoms with van der Waals surface area (Å²) in [7, 11) is 1.78. The molecule has 166 valence electrons. The molecule has 1 aliphatic rings. The number of aromatic hydroxyl groups is 1. The van der Waals surface area contributed by atoms with Gasteiger partial charge >= 0.3 is 6.03 Å². The maximum absolute atomic E-state index is 13.2. The van der Waals surface area contributed by atoms with Crippen molar-refractivity contribution < 1.29 is 19.4 Å². The molecule has 0 aromatic heterocycles. The number of phenolic OH excluding ortho intramolecular Hbond substituents is 1. The summed E-state index contributed by atoms with van der Waals surface area (Å²) in [6, 6.07) is 21.7. The van der Waals surface area contributed by atoms with Crippen molar-refractivity contribution in [3.63, 3.8) is 0 Å². The average Bonchev–Trinajstić information content (AvgIpc) is 3.05. The van der Waals surface area contributed by atoms with Crippen molar-refractivity contribution in [2.75, 3.05) is 11.9 Å². The molecular formula is C26H27FN2O3. The van der Waals surface area contributed by atoms with Gasteiger partial charge in [-0.3, -0.25) is 4.90 Å². The van der Waals surface area contributed by atoms with Crippen LogP contribution in [-0.2, 0) is 0 Å². The van der Waals surface area contributed by atoms with E-state index in [1.807, 2.05) is 42.5 Å². The number of hydrogen-bond donors (Lipinski definition) is 2. The summed E-state index contributed by atoms with van der Waals surface area (Å²) >= 11 is 0. The van der Waals surface area contributed by atoms with Crippen LogP contribution in [0.1, 0.15) is 42.5 Å². The molecular weight excluding hydrogens is 407 g/mol. The minimum atomic E-state index is -0.702. The number of halogens is 1. The van der Waals surface area contributed by atoms with Crippen LogP contribution in [0.4, 0.5) is 14.9 Å². The Morgan fingerprint density at radius 2 is 1.62 bits per heavy atom. The molecule has 3 atom stereocenters. The number of aliphatic hydroxyl groups is 1. The molecule has 2 N–H and O–H groups in total. The smallest absolute Gasteiger partial charge is 0.325 e. The van der Waals surface area contributed by atoms with Crippen LogP contribution in [0.15, 0.2) is 78.9 Å². The molecule has 32 heavy (non-hydrogen) atoms. The van der Waals surface area contributed by atoms with Crippen molar-refractivity contribution in [3.8, 4) is 5.75 Å². The Labute approximate surface area is 187 Å². The van der Waals surface area contributed by atoms with E-state index < -0.39 is 6.10 Å². The molecule has 4 rings (SSSR count). The highest BCUT2D eigenvalue weighted by atomic mass is 19.1. The van der Waals surface area contributed by atoms with E-state index >= 15 is 0 Å². The lowest BCUT2D eigenvalue weighted by Crippen LogP contribution is -2.31. The number of benzene rings is 3. The minimum absolute atomic E-state index is 0.131. The van der Waals surface area contributed by atoms with Crippen molar-refractivity contribution in [1.82, 2.24) is 4.90 Å². The van der Waals surface area contributed by atoms with Gasteiger partial charge in [-0.2, -0.15) is 0 Å². The Morgan fingerprint density at radius 1 is 0.969 bits per heavy atom. The highest BCUT2D eigenvalue weighted by Gasteiger charge is 2.45. The predicted molar refractivity (Wildman–Crippen MR) is 122 cm³/mol. The molecule has 3 aromatic carbocycles. The van der Waals surface area contributed by atoms with Crippen LogP contribution >= 0.6 is 0 Å². The largest absolute Gasteiger partial charge is 0.508 e. The summed E-state index contributed by atoms with van der Waals surface area (Å²) < 4.78 is 13.2. The molecule has 5 nitrogen and oxygen atoms in total. The topological polar surface area (TPSA) is 64.0 Å². The molecule has 1 fully saturated rings. The molecule has 3 aromatic rings. The Morgan fingerprint density at radius 3 is 2.31 bits per heavy atom. The number of carbonyl (C=O) groups is 1. The summed E-state index contributed by atoms with van der Waals surface area (Å²) in [5.41, 5.74) is 2.13. The second kappa shape index (κ2) is 9.40. The summed E-state index contributed by atoms with van der Waals surface area (Å²) in [5.74, 6) is -0.184. The van der Waals surface area contributed by atoms with E-state index in [0.29, 0.717) is 30.4 Å². The van der Waals surface area contributed by atoms with Crippen molar-refractivity contribution in [2.24, 2.45) is 0 Å². The number of aliphatic hydroxyl groups excluding tert-OH is 1. The number of carbonyl (C=O) groups excluding carboxylic acids is 1. The van der Waals surface area contributed by atoms with Crippen LogP contribution in [-0.4, -0.2) is 34.2 Å². The molecule has 0 saturated carbocycles. The van der Waals surface area contributed by atoms with Gasteiger partial charge in [0.15, 0.2) is 0 Å². The maximum atomic E-state index is 13.2. The molecule has 3 unspecified atom stereocenters. The van der Waals surface area contributed by atoms with E-state index in [0.717, 1.165) is 5.69 Å². The second-order valence-corrected chi connectivity index (χ2v) is 8.17. The first-order chi connectivity index (χ1) is 15.5. The fourth-order valence-electron chi connectivity index (χ4n) is 4.48. The van der Waals surface area contributed by atoms with Crippen LogP contribution in [0.25, 0.3) is 0 Å². The summed E-state index contributed by atoms with van der Waals surface area (Å²) in [4.78, 5) is 16.7. The highest BCUT2D eigenvalue weighted by Crippen LogP contribution is 2.43. The zero-order valence-electron chi connectivity index (χ0n) is 17.9. The molecule has 1 heterocycles. The van der Waals surface area contributed by atoms with Crippen molar-refractivity contribution in [3.05, 3.63) is 95.8 Å². The van der Waals surface area contributed by atoms with Crippen LogP contribution < -0.4 is 4.90 Å². The number of likely N-dealkylation sites (N-methyl/N-ethyl adjacent to an activating group) is 1. The molecule has 0 spiro atoms. The normalized spacial score (nSPS) is 19.4. The second-order valence-electron chi connectivity index (χ2n) is 8.17. The Bertz CT molecular complexity index is 1060. The summed E-state index contributed by atoms with van der Waals surface area (Å²) in [5, 5.41) is 21.1. The Kier molecular flexibility index (Phi) is 6.42. The van der Waals surface area contributed by atoms with Crippen molar-refractivity contribution >= 4 is 11.7 Å². The molecule has 6 heteroatoms. The van der Waals surface area contributed by atoms with Gasteiger partial charge < -0.3 is 15.1 Å². The molecule has 2 amide bonds. The third-order valence-electron chi connectivity index (χ3n) is 6.17. The lowest BCUT2D eigenvalue weighted by Gasteiger charge is -2.28. The first-order valence-corrected chi connectivity index (χ1v) is 10.8. The number of anilines is 1. The molecule has 1 aliphatic heterocycles. The van der Waals surface area contributed by atoms with Crippen LogP contribution in [0.2, 0.25) is 0 Å². The number of urea groups is 1. The zero-order chi connectivity index (χ0) is 22.7. The third-order valence-corrected chi connectivity index (χ3v) is 6.17. The van der Waals surface area contributed by atoms with E-state index in [1.165, 1.54) is 12.1 Å². The van der Waals surface area contributed by atoms with Gasteiger partial charge in [0, 0.05) is 18.3 Å². The van der Waals surface area contributed by atoms with E-state index in [4.69, 9.17) is 0 Å². The van der Waals surface area contributed by atoms with E-state index in [-0.39, 0.29) is 29.7 Å². The average molecular weight is 435 g/mol. The Balaban J connectivity index is 1.57. The number of rotatable bonds is 7. The predicted octanol–water partition coefficient (Wildman–Crippen LogP) is 5.42. The lowest BCUT2D eigenvalue weighted by atomic mass is 9.92. The molecule has 0 aliphatic carbocycles. The number of para-hydroxylation sites is 2. The van der Waals surface area contributed by atoms with E-state index in [9.17, 15) is 19.4 Å². The van der Waals surface area contributed by atoms with Crippen molar-refractivity contribution in [2.45, 2.75) is 37.5 Å². The first kappa shape index (κ1) is 21.8. The monoisotopic (exact) mass is 434 g/mol. The lowest BCUT2D eigenvalue weighted by molar-refractivity contribution is 0.158. The number of hydrogen-bond acceptors (Lipinski definition) is 3. The molecule has 1 saturated heterocycles. The van der Waals surface area contributed by atoms with Crippen molar-refractivity contribution in [1.29, 1.82) is 0 Å². The molecule has 0 bridgehead atoms. The first-order valence-electron chi connectivity index (χ1n) is 10.8. The van der Waals surface area contributed by atoms with Gasteiger partial charge in [0.05, 0.1) is 18.2 Å². The standard InChI is InChI=1S/C26H27FN2O3/c1-28-22(11-7-13-23(30)18-14-16-19(27)17-15-18)25(21-10-5-6-12-24(21)31)29(26(28)32)20-8-3-2-4-9-20/h2-6,8-10,12,14-17,22-23,25,30-31H,7,11,13H2,1H3. The fraction of sp³-hybridized carbons (Fsp3) is 0.269. The minimum Gasteiger partial charge on any atom is -0.508 e. The third kappa shape index (κ3) is 4.32. The van der Waals surface area contributed by atoms with Crippen LogP contribution in [0, 0.1) is 5.82 Å². The van der Waals surface area contributed by atoms with E-state index in [2.05, 4.69) is 0 Å². The summed E-state index contributed by atoms with van der Waals surface area (Å²) in [6.45, 7) is 0. The summed E-state index contributed by atoms with van der Waals surface area (Å²) in [6.07, 6.45) is 1.09. The van der Waals surface area contributed by atoms with Gasteiger partial charge in [-0.25, -0.2) is 9.18 Å². The van der Waals surface area contributed by atoms with Gasteiger partial charge in [-0.15, -0.1) is 0 Å². The van der Waals surface area contributed by atoms with Crippen LogP contribution in [0.5, 0.6) is 5.75 Å². The number of amides is 2. The zero-order valence-corrected chi connectivity index (χ0v) is 17.9. The van der Waals surface area contributed by atoms with Crippen LogP contribution in [0.3, 0.4) is 0 Å². The number of phenols is 1. The van der Waals surface area contributed by atoms with E-state index in [1.54, 1.807) is 41.1 Å². The van der Waals surface area contributed by atoms with Gasteiger partial charge in [0.25, 0.3) is 0 Å². The quantitative estimate of drug-likeness (QED) is 0.522. The van der Waals surface area contributed by atoms with Gasteiger partial charge in [-0.05, 0) is 55.2 Å². The van der Waals surface area contributed by atoms with Gasteiger partial charge in [0.1, 0.15) is 11.6 Å². The highest BCUT2D eigenvalue weighted by molar-refractivity contribution is 5.95. The Hall–Kier alpha value is -3.38. The maximum Gasteiger partial charge on any atom is 0.325 e. The molecule has 0 radical (unpaired) electrons. The van der Waals surface area contributed by atoms with Gasteiger partial charge in [0.2, 0.25) is 0 Å². The fourth-order valence-corrected chi connectivity index (χ4v) is 4.48. The van der Waals surface area contributed by atoms with Gasteiger partial charge in [-0.1, -0.05) is 48.5 Å². The number of nitrogens with zero attached hydrogens (tertiary/aromatic N) is 2. The SMILES string of the molecule is CN1C(=O)N(c2ccccc2)C(c2ccccc2O)C1CCCC(O)c1ccc(F)cc1.